The number of nitrogens with one attached hydrogen (secondary N) is 1. The Bertz CT molecular complexity index is 1150. The lowest BCUT2D eigenvalue weighted by Gasteiger charge is -2.10. The number of hydrogen-bond donors (Lipinski definition) is 1. The van der Waals surface area contributed by atoms with Gasteiger partial charge < -0.3 is 19.0 Å². The Morgan fingerprint density at radius 1 is 1.23 bits per heavy atom. The van der Waals surface area contributed by atoms with Gasteiger partial charge >= 0.3 is 0 Å². The van der Waals surface area contributed by atoms with Crippen molar-refractivity contribution in [3.63, 3.8) is 0 Å². The van der Waals surface area contributed by atoms with E-state index < -0.39 is 0 Å². The fourth-order valence-electron chi connectivity index (χ4n) is 2.77. The van der Waals surface area contributed by atoms with E-state index in [1.54, 1.807) is 48.6 Å². The molecule has 0 aliphatic carbocycles. The minimum Gasteiger partial charge on any atom is -0.455 e. The number of ether oxygens (including phenoxy) is 1. The summed E-state index contributed by atoms with van der Waals surface area (Å²) >= 11 is 1.55. The van der Waals surface area contributed by atoms with E-state index in [-0.39, 0.29) is 11.7 Å². The molecule has 1 N–H and O–H groups in total. The van der Waals surface area contributed by atoms with E-state index in [9.17, 15) is 4.79 Å². The zero-order valence-corrected chi connectivity index (χ0v) is 17.3. The van der Waals surface area contributed by atoms with E-state index in [4.69, 9.17) is 9.15 Å². The first-order valence-corrected chi connectivity index (χ1v) is 10.3. The van der Waals surface area contributed by atoms with Gasteiger partial charge in [-0.15, -0.1) is 0 Å². The Labute approximate surface area is 178 Å². The number of carbonyl (C=O) groups is 1. The van der Waals surface area contributed by atoms with E-state index in [0.29, 0.717) is 28.7 Å². The Kier molecular flexibility index (Phi) is 5.85. The first-order chi connectivity index (χ1) is 14.6. The fraction of sp³-hybridized carbons (Fsp3) is 0.136. The van der Waals surface area contributed by atoms with Crippen LogP contribution in [0.25, 0.3) is 0 Å². The van der Waals surface area contributed by atoms with Crippen molar-refractivity contribution in [3.8, 4) is 11.5 Å². The van der Waals surface area contributed by atoms with Crippen LogP contribution in [0.5, 0.6) is 11.5 Å². The maximum atomic E-state index is 12.5. The number of aryl methyl sites for hydroxylation is 2. The van der Waals surface area contributed by atoms with Gasteiger partial charge in [-0.05, 0) is 55.0 Å². The van der Waals surface area contributed by atoms with Crippen LogP contribution in [-0.2, 0) is 12.8 Å². The Hall–Kier alpha value is -3.52. The van der Waals surface area contributed by atoms with Crippen LogP contribution in [0.1, 0.15) is 21.9 Å². The molecule has 0 spiro atoms. The molecule has 3 heterocycles. The Balaban J connectivity index is 1.37. The van der Waals surface area contributed by atoms with Crippen molar-refractivity contribution in [1.82, 2.24) is 14.5 Å². The van der Waals surface area contributed by atoms with Crippen LogP contribution in [-0.4, -0.2) is 20.4 Å². The van der Waals surface area contributed by atoms with E-state index in [1.807, 2.05) is 49.0 Å². The smallest absolute Gasteiger partial charge is 0.291 e. The van der Waals surface area contributed by atoms with Crippen molar-refractivity contribution in [2.75, 3.05) is 5.32 Å². The predicted molar refractivity (Wildman–Crippen MR) is 115 cm³/mol. The molecule has 1 amide bonds. The highest BCUT2D eigenvalue weighted by Gasteiger charge is 2.13. The average Bonchev–Trinajstić information content (AvgIpc) is 3.38. The molecule has 152 valence electrons. The van der Waals surface area contributed by atoms with Crippen molar-refractivity contribution in [2.45, 2.75) is 17.8 Å². The van der Waals surface area contributed by atoms with Crippen molar-refractivity contribution in [1.29, 1.82) is 0 Å². The maximum Gasteiger partial charge on any atom is 0.291 e. The number of aromatic nitrogens is 3. The summed E-state index contributed by atoms with van der Waals surface area (Å²) in [4.78, 5) is 20.8. The third-order valence-corrected chi connectivity index (χ3v) is 5.38. The van der Waals surface area contributed by atoms with Gasteiger partial charge in [-0.3, -0.25) is 9.78 Å². The minimum atomic E-state index is -0.302. The largest absolute Gasteiger partial charge is 0.455 e. The number of furan rings is 1. The van der Waals surface area contributed by atoms with Gasteiger partial charge in [0.05, 0.1) is 11.9 Å². The first kappa shape index (κ1) is 19.8. The van der Waals surface area contributed by atoms with E-state index >= 15 is 0 Å². The highest BCUT2D eigenvalue weighted by molar-refractivity contribution is 7.98. The molecular formula is C22H20N4O3S. The average molecular weight is 420 g/mol. The minimum absolute atomic E-state index is 0.263. The molecule has 0 atom stereocenters. The molecule has 4 rings (SSSR count). The summed E-state index contributed by atoms with van der Waals surface area (Å²) in [6.07, 6.45) is 6.97. The van der Waals surface area contributed by atoms with Crippen LogP contribution in [0.3, 0.4) is 0 Å². The van der Waals surface area contributed by atoms with Gasteiger partial charge in [0.15, 0.2) is 10.9 Å². The zero-order valence-electron chi connectivity index (χ0n) is 16.5. The van der Waals surface area contributed by atoms with Gasteiger partial charge in [-0.1, -0.05) is 11.8 Å². The van der Waals surface area contributed by atoms with Gasteiger partial charge in [-0.2, -0.15) is 0 Å². The lowest BCUT2D eigenvalue weighted by molar-refractivity contribution is 0.0995. The molecule has 4 aromatic rings. The lowest BCUT2D eigenvalue weighted by Crippen LogP contribution is -2.11. The highest BCUT2D eigenvalue weighted by atomic mass is 32.2. The Morgan fingerprint density at radius 2 is 2.13 bits per heavy atom. The molecule has 0 bridgehead atoms. The summed E-state index contributed by atoms with van der Waals surface area (Å²) in [6, 6.07) is 12.6. The van der Waals surface area contributed by atoms with E-state index in [0.717, 1.165) is 10.7 Å². The molecule has 0 unspecified atom stereocenters. The third-order valence-electron chi connectivity index (χ3n) is 4.30. The molecule has 0 radical (unpaired) electrons. The summed E-state index contributed by atoms with van der Waals surface area (Å²) in [6.45, 7) is 1.92. The van der Waals surface area contributed by atoms with Gasteiger partial charge in [0.1, 0.15) is 17.3 Å². The Morgan fingerprint density at radius 3 is 2.87 bits per heavy atom. The van der Waals surface area contributed by atoms with Crippen LogP contribution >= 0.6 is 11.8 Å². The summed E-state index contributed by atoms with van der Waals surface area (Å²) in [5, 5.41) is 3.75. The number of pyridine rings is 1. The van der Waals surface area contributed by atoms with Crippen LogP contribution in [0.4, 0.5) is 5.69 Å². The molecular weight excluding hydrogens is 400 g/mol. The highest BCUT2D eigenvalue weighted by Crippen LogP contribution is 2.27. The predicted octanol–water partition coefficient (Wildman–Crippen LogP) is 5.05. The molecule has 7 nitrogen and oxygen atoms in total. The number of anilines is 1. The number of hydrogen-bond acceptors (Lipinski definition) is 6. The van der Waals surface area contributed by atoms with Crippen molar-refractivity contribution < 1.29 is 13.9 Å². The monoisotopic (exact) mass is 420 g/mol. The molecule has 0 aliphatic heterocycles. The van der Waals surface area contributed by atoms with Gasteiger partial charge in [-0.25, -0.2) is 4.98 Å². The van der Waals surface area contributed by atoms with Crippen molar-refractivity contribution >= 4 is 23.4 Å². The topological polar surface area (TPSA) is 82.2 Å². The molecule has 0 saturated carbocycles. The molecule has 8 heteroatoms. The maximum absolute atomic E-state index is 12.5. The normalized spacial score (nSPS) is 10.7. The van der Waals surface area contributed by atoms with Crippen LogP contribution in [0.2, 0.25) is 0 Å². The standard InChI is InChI=1S/C22H20N4O3S/c1-15-12-16(5-7-19(15)28-17-4-3-9-23-13-17)25-21(27)20-8-6-18(29-20)14-30-22-24-10-11-26(22)2/h3-13H,14H2,1-2H3,(H,25,27). The molecule has 1 aromatic carbocycles. The summed E-state index contributed by atoms with van der Waals surface area (Å²) in [5.41, 5.74) is 1.56. The SMILES string of the molecule is Cc1cc(NC(=O)c2ccc(CSc3nccn3C)o2)ccc1Oc1cccnc1. The second kappa shape index (κ2) is 8.87. The lowest BCUT2D eigenvalue weighted by atomic mass is 10.2. The number of imidazole rings is 1. The number of nitrogens with zero attached hydrogens (tertiary/aromatic N) is 3. The first-order valence-electron chi connectivity index (χ1n) is 9.27. The molecule has 0 aliphatic rings. The van der Waals surface area contributed by atoms with Crippen LogP contribution < -0.4 is 10.1 Å². The van der Waals surface area contributed by atoms with Gasteiger partial charge in [0, 0.05) is 31.3 Å². The molecule has 0 fully saturated rings. The van der Waals surface area contributed by atoms with Crippen molar-refractivity contribution in [3.05, 3.63) is 84.3 Å². The van der Waals surface area contributed by atoms with Crippen molar-refractivity contribution in [2.24, 2.45) is 7.05 Å². The summed E-state index contributed by atoms with van der Waals surface area (Å²) in [7, 11) is 1.94. The van der Waals surface area contributed by atoms with E-state index in [2.05, 4.69) is 15.3 Å². The second-order valence-electron chi connectivity index (χ2n) is 6.60. The molecule has 0 saturated heterocycles. The van der Waals surface area contributed by atoms with Crippen LogP contribution in [0.15, 0.2) is 76.8 Å². The van der Waals surface area contributed by atoms with Crippen LogP contribution in [0, 0.1) is 6.92 Å². The quantitative estimate of drug-likeness (QED) is 0.421. The molecule has 30 heavy (non-hydrogen) atoms. The third kappa shape index (κ3) is 4.72. The van der Waals surface area contributed by atoms with E-state index in [1.165, 1.54) is 0 Å². The summed E-state index contributed by atoms with van der Waals surface area (Å²) in [5.74, 6) is 2.63. The molecule has 3 aromatic heterocycles. The number of benzene rings is 1. The number of thioether (sulfide) groups is 1. The fourth-order valence-corrected chi connectivity index (χ4v) is 3.60. The zero-order chi connectivity index (χ0) is 20.9. The number of amides is 1. The number of carbonyl (C=O) groups excluding carboxylic acids is 1. The summed E-state index contributed by atoms with van der Waals surface area (Å²) < 4.78 is 13.4. The van der Waals surface area contributed by atoms with Gasteiger partial charge in [0.2, 0.25) is 0 Å². The second-order valence-corrected chi connectivity index (χ2v) is 7.54. The van der Waals surface area contributed by atoms with Gasteiger partial charge in [0.25, 0.3) is 5.91 Å². The number of rotatable bonds is 7.